The van der Waals surface area contributed by atoms with E-state index in [-0.39, 0.29) is 12.0 Å². The van der Waals surface area contributed by atoms with Crippen molar-refractivity contribution in [2.45, 2.75) is 33.6 Å². The highest BCUT2D eigenvalue weighted by Crippen LogP contribution is 2.28. The van der Waals surface area contributed by atoms with Crippen molar-refractivity contribution < 1.29 is 14.6 Å². The Morgan fingerprint density at radius 1 is 1.30 bits per heavy atom. The summed E-state index contributed by atoms with van der Waals surface area (Å²) >= 11 is 0. The van der Waals surface area contributed by atoms with E-state index in [4.69, 9.17) is 9.84 Å². The van der Waals surface area contributed by atoms with Gasteiger partial charge < -0.3 is 9.84 Å². The zero-order valence-corrected chi connectivity index (χ0v) is 14.2. The second kappa shape index (κ2) is 8.99. The van der Waals surface area contributed by atoms with Gasteiger partial charge in [0, 0.05) is 5.41 Å². The number of carbonyl (C=O) groups is 1. The minimum atomic E-state index is -0.980. The molecule has 1 atom stereocenters. The average molecular weight is 314 g/mol. The van der Waals surface area contributed by atoms with Gasteiger partial charge in [0.2, 0.25) is 0 Å². The number of carboxylic acid groups (broad SMARTS) is 1. The molecule has 23 heavy (non-hydrogen) atoms. The van der Waals surface area contributed by atoms with Gasteiger partial charge >= 0.3 is 5.97 Å². The number of benzene rings is 1. The Labute approximate surface area is 139 Å². The van der Waals surface area contributed by atoms with Gasteiger partial charge in [0.05, 0.1) is 0 Å². The molecule has 0 spiro atoms. The lowest BCUT2D eigenvalue weighted by molar-refractivity contribution is -0.139. The molecular weight excluding hydrogens is 288 g/mol. The van der Waals surface area contributed by atoms with Crippen molar-refractivity contribution in [3.05, 3.63) is 60.2 Å². The quantitative estimate of drug-likeness (QED) is 0.645. The molecular formula is C20H26O3. The molecule has 0 bridgehead atoms. The van der Waals surface area contributed by atoms with E-state index >= 15 is 0 Å². The molecule has 1 unspecified atom stereocenters. The summed E-state index contributed by atoms with van der Waals surface area (Å²) in [6.45, 7) is 10.0. The second-order valence-electron chi connectivity index (χ2n) is 6.11. The maximum absolute atomic E-state index is 10.5. The minimum Gasteiger partial charge on any atom is -0.482 e. The first-order chi connectivity index (χ1) is 10.8. The zero-order chi connectivity index (χ0) is 17.3. The molecule has 0 aliphatic rings. The number of ether oxygens (including phenoxy) is 1. The number of hydrogen-bond acceptors (Lipinski definition) is 2. The van der Waals surface area contributed by atoms with Gasteiger partial charge in [0.25, 0.3) is 0 Å². The van der Waals surface area contributed by atoms with E-state index in [1.54, 1.807) is 12.1 Å². The molecule has 0 fully saturated rings. The lowest BCUT2D eigenvalue weighted by Gasteiger charge is -2.20. The molecule has 1 rings (SSSR count). The first-order valence-electron chi connectivity index (χ1n) is 7.75. The van der Waals surface area contributed by atoms with Gasteiger partial charge in [0.1, 0.15) is 5.75 Å². The lowest BCUT2D eigenvalue weighted by atomic mass is 9.84. The molecule has 0 heterocycles. The largest absolute Gasteiger partial charge is 0.482 e. The van der Waals surface area contributed by atoms with Gasteiger partial charge in [-0.05, 0) is 44.4 Å². The van der Waals surface area contributed by atoms with Crippen LogP contribution in [0.4, 0.5) is 0 Å². The molecule has 0 saturated heterocycles. The summed E-state index contributed by atoms with van der Waals surface area (Å²) in [5.74, 6) is -0.424. The van der Waals surface area contributed by atoms with E-state index in [0.717, 1.165) is 18.4 Å². The first kappa shape index (κ1) is 18.8. The normalized spacial score (nSPS) is 13.3. The van der Waals surface area contributed by atoms with Gasteiger partial charge in [-0.25, -0.2) is 4.79 Å². The lowest BCUT2D eigenvalue weighted by Crippen LogP contribution is -2.09. The Balaban J connectivity index is 2.68. The third-order valence-electron chi connectivity index (χ3n) is 3.60. The van der Waals surface area contributed by atoms with E-state index in [9.17, 15) is 4.79 Å². The van der Waals surface area contributed by atoms with Crippen LogP contribution >= 0.6 is 0 Å². The smallest absolute Gasteiger partial charge is 0.341 e. The van der Waals surface area contributed by atoms with Gasteiger partial charge in [-0.1, -0.05) is 48.9 Å². The molecule has 124 valence electrons. The van der Waals surface area contributed by atoms with Crippen molar-refractivity contribution >= 4 is 12.0 Å². The van der Waals surface area contributed by atoms with Crippen molar-refractivity contribution in [2.24, 2.45) is 5.41 Å². The number of rotatable bonds is 9. The fourth-order valence-electron chi connectivity index (χ4n) is 2.03. The third kappa shape index (κ3) is 7.50. The van der Waals surface area contributed by atoms with Crippen molar-refractivity contribution in [1.82, 2.24) is 0 Å². The van der Waals surface area contributed by atoms with Gasteiger partial charge in [-0.2, -0.15) is 0 Å². The van der Waals surface area contributed by atoms with Crippen molar-refractivity contribution in [2.75, 3.05) is 6.61 Å². The monoisotopic (exact) mass is 314 g/mol. The Kier molecular flexibility index (Phi) is 7.33. The van der Waals surface area contributed by atoms with E-state index in [0.29, 0.717) is 5.75 Å². The van der Waals surface area contributed by atoms with E-state index in [2.05, 4.69) is 45.6 Å². The maximum atomic E-state index is 10.5. The van der Waals surface area contributed by atoms with Crippen LogP contribution in [0.1, 0.15) is 39.2 Å². The predicted octanol–water partition coefficient (Wildman–Crippen LogP) is 5.10. The highest BCUT2D eigenvalue weighted by atomic mass is 16.5. The maximum Gasteiger partial charge on any atom is 0.341 e. The predicted molar refractivity (Wildman–Crippen MR) is 95.6 cm³/mol. The van der Waals surface area contributed by atoms with Crippen LogP contribution in [0, 0.1) is 5.41 Å². The summed E-state index contributed by atoms with van der Waals surface area (Å²) in [4.78, 5) is 10.5. The second-order valence-corrected chi connectivity index (χ2v) is 6.11. The molecule has 1 N–H and O–H groups in total. The minimum absolute atomic E-state index is 0.0512. The summed E-state index contributed by atoms with van der Waals surface area (Å²) in [5.41, 5.74) is 2.32. The topological polar surface area (TPSA) is 46.5 Å². The summed E-state index contributed by atoms with van der Waals surface area (Å²) in [5, 5.41) is 8.59. The Bertz CT molecular complexity index is 577. The fourth-order valence-corrected chi connectivity index (χ4v) is 2.03. The van der Waals surface area contributed by atoms with Crippen LogP contribution in [0.25, 0.3) is 6.08 Å². The van der Waals surface area contributed by atoms with Crippen molar-refractivity contribution in [3.63, 3.8) is 0 Å². The van der Waals surface area contributed by atoms with Crippen LogP contribution in [-0.2, 0) is 4.79 Å². The van der Waals surface area contributed by atoms with Gasteiger partial charge in [0.15, 0.2) is 6.61 Å². The fraction of sp³-hybridized carbons (Fsp3) is 0.350. The molecule has 3 heteroatoms. The Morgan fingerprint density at radius 3 is 2.48 bits per heavy atom. The van der Waals surface area contributed by atoms with Crippen molar-refractivity contribution in [1.29, 1.82) is 0 Å². The summed E-state index contributed by atoms with van der Waals surface area (Å²) in [7, 11) is 0. The Morgan fingerprint density at radius 2 is 1.96 bits per heavy atom. The summed E-state index contributed by atoms with van der Waals surface area (Å²) in [6, 6.07) is 7.37. The van der Waals surface area contributed by atoms with Crippen molar-refractivity contribution in [3.8, 4) is 5.75 Å². The zero-order valence-electron chi connectivity index (χ0n) is 14.2. The molecule has 0 radical (unpaired) electrons. The van der Waals surface area contributed by atoms with Crippen LogP contribution in [0.2, 0.25) is 0 Å². The Hall–Kier alpha value is -2.29. The molecule has 1 aromatic rings. The average Bonchev–Trinajstić information content (AvgIpc) is 2.51. The van der Waals surface area contributed by atoms with Crippen LogP contribution in [-0.4, -0.2) is 17.7 Å². The van der Waals surface area contributed by atoms with Crippen LogP contribution in [0.5, 0.6) is 5.75 Å². The number of allylic oxidation sites excluding steroid dienone is 4. The molecule has 3 nitrogen and oxygen atoms in total. The highest BCUT2D eigenvalue weighted by Gasteiger charge is 2.14. The third-order valence-corrected chi connectivity index (χ3v) is 3.60. The van der Waals surface area contributed by atoms with Crippen LogP contribution in [0.3, 0.4) is 0 Å². The standard InChI is InChI=1S/C20H26O3/c1-5-20(4,13-6-7-16(2)3)14-12-17-8-10-18(11-9-17)23-15-19(21)22/h5,7-12,14H,1,6,13,15H2,2-4H3,(H,21,22)/b14-12+. The van der Waals surface area contributed by atoms with E-state index in [1.165, 1.54) is 5.57 Å². The summed E-state index contributed by atoms with van der Waals surface area (Å²) < 4.78 is 5.12. The number of aliphatic carboxylic acids is 1. The first-order valence-corrected chi connectivity index (χ1v) is 7.75. The molecule has 1 aromatic carbocycles. The van der Waals surface area contributed by atoms with Crippen LogP contribution < -0.4 is 4.74 Å². The molecule has 0 aliphatic carbocycles. The van der Waals surface area contributed by atoms with E-state index < -0.39 is 5.97 Å². The number of carboxylic acids is 1. The highest BCUT2D eigenvalue weighted by molar-refractivity contribution is 5.68. The molecule has 0 aliphatic heterocycles. The summed E-state index contributed by atoms with van der Waals surface area (Å²) in [6.07, 6.45) is 10.5. The molecule has 0 aromatic heterocycles. The van der Waals surface area contributed by atoms with E-state index in [1.807, 2.05) is 18.2 Å². The SMILES string of the molecule is C=CC(C)(/C=C/c1ccc(OCC(=O)O)cc1)CCC=C(C)C. The number of hydrogen-bond donors (Lipinski definition) is 1. The van der Waals surface area contributed by atoms with Gasteiger partial charge in [-0.3, -0.25) is 0 Å². The van der Waals surface area contributed by atoms with Gasteiger partial charge in [-0.15, -0.1) is 6.58 Å². The molecule has 0 amide bonds. The molecule has 0 saturated carbocycles. The van der Waals surface area contributed by atoms with Crippen LogP contribution in [0.15, 0.2) is 54.6 Å².